The van der Waals surface area contributed by atoms with Gasteiger partial charge in [0.15, 0.2) is 11.6 Å². The van der Waals surface area contributed by atoms with Crippen molar-refractivity contribution < 1.29 is 22.7 Å². The van der Waals surface area contributed by atoms with Crippen LogP contribution >= 0.6 is 15.9 Å². The van der Waals surface area contributed by atoms with Crippen molar-refractivity contribution >= 4 is 27.8 Å². The predicted molar refractivity (Wildman–Crippen MR) is 116 cm³/mol. The lowest BCUT2D eigenvalue weighted by Crippen LogP contribution is -2.37. The zero-order chi connectivity index (χ0) is 22.8. The summed E-state index contributed by atoms with van der Waals surface area (Å²) >= 11 is 3.59. The Hall–Kier alpha value is -3.01. The molecule has 10 heteroatoms. The van der Waals surface area contributed by atoms with Gasteiger partial charge in [-0.25, -0.2) is 9.37 Å². The molecule has 0 unspecified atom stereocenters. The van der Waals surface area contributed by atoms with Gasteiger partial charge in [-0.1, -0.05) is 22.0 Å². The van der Waals surface area contributed by atoms with E-state index in [0.29, 0.717) is 36.6 Å². The standard InChI is InChI=1S/C22H20BrF3N4O2/c1-27-22-28-5-7-30(22)12-14-8-16-15(17(23)9-14)4-6-29(20(16)31)11-13-2-3-18(24)19(10-13)32-21(25)26/h2-3,5,7-10,21H,4,6,11-12H2,1H3,(H,27,28). The Morgan fingerprint density at radius 3 is 2.78 bits per heavy atom. The Morgan fingerprint density at radius 1 is 1.22 bits per heavy atom. The third kappa shape index (κ3) is 4.59. The Balaban J connectivity index is 1.57. The summed E-state index contributed by atoms with van der Waals surface area (Å²) in [5.41, 5.74) is 2.94. The third-order valence-corrected chi connectivity index (χ3v) is 5.99. The van der Waals surface area contributed by atoms with Gasteiger partial charge in [0.25, 0.3) is 5.91 Å². The molecule has 1 N–H and O–H groups in total. The first-order valence-corrected chi connectivity index (χ1v) is 10.7. The van der Waals surface area contributed by atoms with Crippen molar-refractivity contribution in [3.63, 3.8) is 0 Å². The molecule has 0 aliphatic carbocycles. The van der Waals surface area contributed by atoms with Gasteiger partial charge in [-0.05, 0) is 47.4 Å². The molecule has 0 fully saturated rings. The van der Waals surface area contributed by atoms with Crippen molar-refractivity contribution in [2.24, 2.45) is 0 Å². The molecule has 0 radical (unpaired) electrons. The number of anilines is 1. The van der Waals surface area contributed by atoms with Gasteiger partial charge >= 0.3 is 6.61 Å². The van der Waals surface area contributed by atoms with Crippen LogP contribution in [0.5, 0.6) is 5.75 Å². The van der Waals surface area contributed by atoms with Crippen LogP contribution in [0.4, 0.5) is 19.1 Å². The van der Waals surface area contributed by atoms with Crippen molar-refractivity contribution in [2.75, 3.05) is 18.9 Å². The summed E-state index contributed by atoms with van der Waals surface area (Å²) in [7, 11) is 1.79. The van der Waals surface area contributed by atoms with Crippen molar-refractivity contribution in [1.29, 1.82) is 0 Å². The molecular weight excluding hydrogens is 489 g/mol. The molecule has 1 amide bonds. The summed E-state index contributed by atoms with van der Waals surface area (Å²) in [5.74, 6) is -0.870. The van der Waals surface area contributed by atoms with E-state index in [9.17, 15) is 18.0 Å². The smallest absolute Gasteiger partial charge is 0.387 e. The maximum Gasteiger partial charge on any atom is 0.387 e. The number of aromatic nitrogens is 2. The zero-order valence-electron chi connectivity index (χ0n) is 17.1. The van der Waals surface area contributed by atoms with Crippen molar-refractivity contribution in [1.82, 2.24) is 14.5 Å². The van der Waals surface area contributed by atoms with Crippen LogP contribution in [0.25, 0.3) is 0 Å². The molecule has 168 valence electrons. The second-order valence-corrected chi connectivity index (χ2v) is 8.21. The largest absolute Gasteiger partial charge is 0.432 e. The first-order chi connectivity index (χ1) is 15.4. The normalized spacial score (nSPS) is 13.4. The second kappa shape index (κ2) is 9.23. The van der Waals surface area contributed by atoms with E-state index in [1.165, 1.54) is 12.1 Å². The number of imidazole rings is 1. The molecule has 2 heterocycles. The number of carbonyl (C=O) groups is 1. The number of nitrogens with one attached hydrogen (secondary N) is 1. The van der Waals surface area contributed by atoms with Gasteiger partial charge in [-0.2, -0.15) is 8.78 Å². The monoisotopic (exact) mass is 508 g/mol. The minimum absolute atomic E-state index is 0.158. The van der Waals surface area contributed by atoms with Crippen molar-refractivity contribution in [2.45, 2.75) is 26.1 Å². The van der Waals surface area contributed by atoms with Gasteiger partial charge in [0.1, 0.15) is 0 Å². The molecular formula is C22H20BrF3N4O2. The van der Waals surface area contributed by atoms with Gasteiger partial charge in [-0.15, -0.1) is 0 Å². The fourth-order valence-corrected chi connectivity index (χ4v) is 4.52. The van der Waals surface area contributed by atoms with Crippen LogP contribution in [0, 0.1) is 5.82 Å². The number of ether oxygens (including phenoxy) is 1. The third-order valence-electron chi connectivity index (χ3n) is 5.28. The lowest BCUT2D eigenvalue weighted by molar-refractivity contribution is -0.0522. The lowest BCUT2D eigenvalue weighted by Gasteiger charge is -2.30. The number of halogens is 4. The topological polar surface area (TPSA) is 59.4 Å². The van der Waals surface area contributed by atoms with E-state index >= 15 is 0 Å². The van der Waals surface area contributed by atoms with Crippen molar-refractivity contribution in [3.05, 3.63) is 75.3 Å². The Labute approximate surface area is 191 Å². The zero-order valence-corrected chi connectivity index (χ0v) is 18.7. The van der Waals surface area contributed by atoms with Gasteiger partial charge in [0.05, 0.1) is 6.54 Å². The minimum Gasteiger partial charge on any atom is -0.432 e. The summed E-state index contributed by atoms with van der Waals surface area (Å²) in [5, 5.41) is 3.02. The van der Waals surface area contributed by atoms with E-state index in [2.05, 4.69) is 31.0 Å². The van der Waals surface area contributed by atoms with Crippen LogP contribution in [-0.4, -0.2) is 40.6 Å². The number of nitrogens with zero attached hydrogens (tertiary/aromatic N) is 3. The van der Waals surface area contributed by atoms with E-state index < -0.39 is 18.2 Å². The highest BCUT2D eigenvalue weighted by Crippen LogP contribution is 2.30. The van der Waals surface area contributed by atoms with Crippen LogP contribution in [0.2, 0.25) is 0 Å². The number of rotatable bonds is 7. The van der Waals surface area contributed by atoms with Crippen LogP contribution in [0.15, 0.2) is 47.2 Å². The quantitative estimate of drug-likeness (QED) is 0.503. The molecule has 1 aromatic heterocycles. The van der Waals surface area contributed by atoms with Crippen LogP contribution in [0.1, 0.15) is 27.0 Å². The molecule has 0 atom stereocenters. The second-order valence-electron chi connectivity index (χ2n) is 7.35. The van der Waals surface area contributed by atoms with Gasteiger partial charge in [0, 0.05) is 42.6 Å². The Morgan fingerprint density at radius 2 is 2.03 bits per heavy atom. The minimum atomic E-state index is -3.13. The first kappa shape index (κ1) is 22.2. The molecule has 1 aliphatic rings. The average molecular weight is 509 g/mol. The number of fused-ring (bicyclic) bond motifs is 1. The average Bonchev–Trinajstić information content (AvgIpc) is 3.19. The maximum atomic E-state index is 13.7. The fraction of sp³-hybridized carbons (Fsp3) is 0.273. The number of hydrogen-bond acceptors (Lipinski definition) is 4. The molecule has 0 spiro atoms. The highest BCUT2D eigenvalue weighted by atomic mass is 79.9. The predicted octanol–water partition coefficient (Wildman–Crippen LogP) is 4.67. The summed E-state index contributed by atoms with van der Waals surface area (Å²) in [6, 6.07) is 7.59. The molecule has 1 aliphatic heterocycles. The summed E-state index contributed by atoms with van der Waals surface area (Å²) in [6.07, 6.45) is 4.18. The Bertz CT molecular complexity index is 1150. The number of alkyl halides is 2. The van der Waals surface area contributed by atoms with Gasteiger partial charge in [0.2, 0.25) is 5.95 Å². The molecule has 0 saturated carbocycles. The van der Waals surface area contributed by atoms with E-state index in [1.54, 1.807) is 18.1 Å². The highest BCUT2D eigenvalue weighted by Gasteiger charge is 2.27. The molecule has 0 bridgehead atoms. The number of carbonyl (C=O) groups excluding carboxylic acids is 1. The molecule has 4 rings (SSSR count). The molecule has 0 saturated heterocycles. The van der Waals surface area contributed by atoms with Crippen LogP contribution < -0.4 is 10.1 Å². The summed E-state index contributed by atoms with van der Waals surface area (Å²) in [6.45, 7) is -1.98. The molecule has 32 heavy (non-hydrogen) atoms. The Kier molecular flexibility index (Phi) is 6.40. The van der Waals surface area contributed by atoms with Crippen LogP contribution in [0.3, 0.4) is 0 Å². The van der Waals surface area contributed by atoms with E-state index in [1.807, 2.05) is 22.9 Å². The van der Waals surface area contributed by atoms with E-state index in [-0.39, 0.29) is 12.5 Å². The summed E-state index contributed by atoms with van der Waals surface area (Å²) < 4.78 is 45.8. The number of benzene rings is 2. The highest BCUT2D eigenvalue weighted by molar-refractivity contribution is 9.10. The van der Waals surface area contributed by atoms with Crippen molar-refractivity contribution in [3.8, 4) is 5.75 Å². The fourth-order valence-electron chi connectivity index (χ4n) is 3.81. The molecule has 3 aromatic rings. The lowest BCUT2D eigenvalue weighted by atomic mass is 9.96. The number of amides is 1. The van der Waals surface area contributed by atoms with E-state index in [0.717, 1.165) is 21.7 Å². The maximum absolute atomic E-state index is 13.7. The van der Waals surface area contributed by atoms with Crippen LogP contribution in [-0.2, 0) is 19.5 Å². The van der Waals surface area contributed by atoms with Gasteiger partial charge in [-0.3, -0.25) is 4.79 Å². The first-order valence-electron chi connectivity index (χ1n) is 9.88. The SMILES string of the molecule is CNc1nccn1Cc1cc(Br)c2c(c1)C(=O)N(Cc1ccc(F)c(OC(F)F)c1)CC2. The molecule has 2 aromatic carbocycles. The number of hydrogen-bond donors (Lipinski definition) is 1. The molecule has 6 nitrogen and oxygen atoms in total. The summed E-state index contributed by atoms with van der Waals surface area (Å²) in [4.78, 5) is 19.1. The van der Waals surface area contributed by atoms with E-state index in [4.69, 9.17) is 0 Å². The van der Waals surface area contributed by atoms with Gasteiger partial charge < -0.3 is 19.5 Å².